The lowest BCUT2D eigenvalue weighted by Gasteiger charge is -2.24. The van der Waals surface area contributed by atoms with Crippen LogP contribution in [0.2, 0.25) is 5.02 Å². The molecule has 2 aliphatic rings. The van der Waals surface area contributed by atoms with Crippen LogP contribution < -0.4 is 0 Å². The highest BCUT2D eigenvalue weighted by Gasteiger charge is 2.36. The van der Waals surface area contributed by atoms with Crippen molar-refractivity contribution in [2.45, 2.75) is 16.1 Å². The lowest BCUT2D eigenvalue weighted by atomic mass is 9.81. The number of hydrogen-bond donors (Lipinski definition) is 0. The number of fused-ring (bicyclic) bond motifs is 3. The molecule has 0 amide bonds. The van der Waals surface area contributed by atoms with E-state index in [1.165, 1.54) is 32.7 Å². The molecule has 1 heterocycles. The van der Waals surface area contributed by atoms with E-state index in [4.69, 9.17) is 11.6 Å². The van der Waals surface area contributed by atoms with Gasteiger partial charge in [0.2, 0.25) is 0 Å². The van der Waals surface area contributed by atoms with E-state index in [-0.39, 0.29) is 0 Å². The van der Waals surface area contributed by atoms with Crippen molar-refractivity contribution in [3.05, 3.63) is 107 Å². The zero-order valence-corrected chi connectivity index (χ0v) is 15.7. The van der Waals surface area contributed by atoms with Gasteiger partial charge in [-0.15, -0.1) is 11.8 Å². The van der Waals surface area contributed by atoms with Gasteiger partial charge in [-0.1, -0.05) is 96.6 Å². The van der Waals surface area contributed by atoms with Gasteiger partial charge in [0.15, 0.2) is 0 Å². The molecule has 0 spiro atoms. The average Bonchev–Trinajstić information content (AvgIpc) is 3.09. The number of rotatable bonds is 2. The topological polar surface area (TPSA) is 0 Å². The Morgan fingerprint density at radius 1 is 0.731 bits per heavy atom. The number of thioether (sulfide) groups is 1. The second kappa shape index (κ2) is 6.50. The van der Waals surface area contributed by atoms with Crippen LogP contribution in [0.5, 0.6) is 0 Å². The van der Waals surface area contributed by atoms with E-state index in [1.54, 1.807) is 0 Å². The summed E-state index contributed by atoms with van der Waals surface area (Å²) in [5.74, 6) is 0.376. The standard InChI is InChI=1S/C24H17ClS/c25-21-10-4-9-20-23-19(8-5-11-22(23)26-24(20)21)18-14-12-17(13-15-18)16-6-2-1-3-7-16/h1-15,22-23H. The van der Waals surface area contributed by atoms with Gasteiger partial charge in [-0.3, -0.25) is 0 Å². The van der Waals surface area contributed by atoms with Crippen LogP contribution in [0.1, 0.15) is 17.0 Å². The van der Waals surface area contributed by atoms with Gasteiger partial charge in [-0.2, -0.15) is 0 Å². The molecule has 2 atom stereocenters. The lowest BCUT2D eigenvalue weighted by Crippen LogP contribution is -2.12. The van der Waals surface area contributed by atoms with Crippen LogP contribution in [-0.2, 0) is 0 Å². The lowest BCUT2D eigenvalue weighted by molar-refractivity contribution is 0.901. The Morgan fingerprint density at radius 3 is 2.27 bits per heavy atom. The average molecular weight is 373 g/mol. The Balaban J connectivity index is 1.54. The third kappa shape index (κ3) is 2.63. The molecule has 0 nitrogen and oxygen atoms in total. The van der Waals surface area contributed by atoms with Crippen LogP contribution in [0.4, 0.5) is 0 Å². The first-order valence-corrected chi connectivity index (χ1v) is 10.1. The Labute approximate surface area is 163 Å². The first kappa shape index (κ1) is 16.0. The number of hydrogen-bond acceptors (Lipinski definition) is 1. The first-order chi connectivity index (χ1) is 12.8. The largest absolute Gasteiger partial charge is 0.116 e. The second-order valence-electron chi connectivity index (χ2n) is 6.67. The van der Waals surface area contributed by atoms with E-state index >= 15 is 0 Å². The molecule has 3 aromatic rings. The van der Waals surface area contributed by atoms with Crippen LogP contribution in [0.15, 0.2) is 95.9 Å². The Morgan fingerprint density at radius 2 is 1.46 bits per heavy atom. The fourth-order valence-corrected chi connectivity index (χ4v) is 5.60. The minimum Gasteiger partial charge on any atom is -0.116 e. The number of allylic oxidation sites excluding steroid dienone is 3. The first-order valence-electron chi connectivity index (χ1n) is 8.80. The van der Waals surface area contributed by atoms with Gasteiger partial charge < -0.3 is 0 Å². The zero-order chi connectivity index (χ0) is 17.5. The SMILES string of the molecule is Clc1cccc2c1SC1C=CC=C(c3ccc(-c4ccccc4)cc3)C21. The maximum absolute atomic E-state index is 6.45. The summed E-state index contributed by atoms with van der Waals surface area (Å²) in [4.78, 5) is 1.24. The molecule has 5 rings (SSSR count). The molecular weight excluding hydrogens is 356 g/mol. The summed E-state index contributed by atoms with van der Waals surface area (Å²) in [5.41, 5.74) is 6.53. The van der Waals surface area contributed by atoms with Gasteiger partial charge in [0.05, 0.1) is 5.02 Å². The van der Waals surface area contributed by atoms with E-state index in [2.05, 4.69) is 85.0 Å². The van der Waals surface area contributed by atoms with E-state index in [0.29, 0.717) is 11.2 Å². The highest BCUT2D eigenvalue weighted by Crippen LogP contribution is 2.55. The molecule has 26 heavy (non-hydrogen) atoms. The van der Waals surface area contributed by atoms with E-state index in [1.807, 2.05) is 17.8 Å². The molecule has 0 aromatic heterocycles. The minimum atomic E-state index is 0.376. The summed E-state index contributed by atoms with van der Waals surface area (Å²) in [5, 5.41) is 1.30. The van der Waals surface area contributed by atoms with Crippen LogP contribution in [0, 0.1) is 0 Å². The van der Waals surface area contributed by atoms with Crippen molar-refractivity contribution in [1.82, 2.24) is 0 Å². The molecule has 0 bridgehead atoms. The molecule has 126 valence electrons. The predicted molar refractivity (Wildman–Crippen MR) is 113 cm³/mol. The Kier molecular flexibility index (Phi) is 4.00. The van der Waals surface area contributed by atoms with Crippen molar-refractivity contribution in [3.63, 3.8) is 0 Å². The summed E-state index contributed by atoms with van der Waals surface area (Å²) in [6, 6.07) is 25.7. The zero-order valence-electron chi connectivity index (χ0n) is 14.1. The van der Waals surface area contributed by atoms with Crippen LogP contribution in [0.3, 0.4) is 0 Å². The van der Waals surface area contributed by atoms with E-state index in [9.17, 15) is 0 Å². The predicted octanol–water partition coefficient (Wildman–Crippen LogP) is 7.22. The molecule has 0 N–H and O–H groups in total. The molecule has 3 aromatic carbocycles. The maximum atomic E-state index is 6.45. The molecule has 0 saturated heterocycles. The van der Waals surface area contributed by atoms with Crippen molar-refractivity contribution < 1.29 is 0 Å². The number of halogens is 1. The summed E-state index contributed by atoms with van der Waals surface area (Å²) in [6.07, 6.45) is 6.75. The van der Waals surface area contributed by atoms with Crippen molar-refractivity contribution in [3.8, 4) is 11.1 Å². The molecule has 2 unspecified atom stereocenters. The van der Waals surface area contributed by atoms with Crippen molar-refractivity contribution in [2.75, 3.05) is 0 Å². The molecule has 0 saturated carbocycles. The van der Waals surface area contributed by atoms with Gasteiger partial charge >= 0.3 is 0 Å². The summed E-state index contributed by atoms with van der Waals surface area (Å²) in [7, 11) is 0. The molecule has 1 aliphatic carbocycles. The van der Waals surface area contributed by atoms with E-state index in [0.717, 1.165) is 5.02 Å². The Hall–Kier alpha value is -2.22. The summed E-state index contributed by atoms with van der Waals surface area (Å²) < 4.78 is 0. The second-order valence-corrected chi connectivity index (χ2v) is 8.26. The molecule has 0 fully saturated rings. The smallest absolute Gasteiger partial charge is 0.0545 e. The van der Waals surface area contributed by atoms with Gasteiger partial charge in [-0.05, 0) is 33.9 Å². The summed E-state index contributed by atoms with van der Waals surface area (Å²) in [6.45, 7) is 0. The van der Waals surface area contributed by atoms with Gasteiger partial charge in [0.25, 0.3) is 0 Å². The van der Waals surface area contributed by atoms with Gasteiger partial charge in [0, 0.05) is 16.1 Å². The molecular formula is C24H17ClS. The van der Waals surface area contributed by atoms with Gasteiger partial charge in [-0.25, -0.2) is 0 Å². The molecule has 0 radical (unpaired) electrons. The van der Waals surface area contributed by atoms with Crippen molar-refractivity contribution in [2.24, 2.45) is 0 Å². The van der Waals surface area contributed by atoms with Crippen molar-refractivity contribution >= 4 is 28.9 Å². The van der Waals surface area contributed by atoms with Crippen LogP contribution >= 0.6 is 23.4 Å². The molecule has 2 heteroatoms. The molecule has 1 aliphatic heterocycles. The third-order valence-electron chi connectivity index (χ3n) is 5.15. The fraction of sp³-hybridized carbons (Fsp3) is 0.0833. The highest BCUT2D eigenvalue weighted by atomic mass is 35.5. The van der Waals surface area contributed by atoms with Crippen molar-refractivity contribution in [1.29, 1.82) is 0 Å². The van der Waals surface area contributed by atoms with E-state index < -0.39 is 0 Å². The maximum Gasteiger partial charge on any atom is 0.0545 e. The highest BCUT2D eigenvalue weighted by molar-refractivity contribution is 8.00. The normalized spacial score (nSPS) is 20.4. The summed E-state index contributed by atoms with van der Waals surface area (Å²) >= 11 is 8.34. The Bertz CT molecular complexity index is 1020. The quantitative estimate of drug-likeness (QED) is 0.457. The minimum absolute atomic E-state index is 0.376. The van der Waals surface area contributed by atoms with Crippen LogP contribution in [0.25, 0.3) is 16.7 Å². The fourth-order valence-electron chi connectivity index (χ4n) is 3.90. The van der Waals surface area contributed by atoms with Gasteiger partial charge in [0.1, 0.15) is 0 Å². The number of benzene rings is 3. The monoisotopic (exact) mass is 372 g/mol. The third-order valence-corrected chi connectivity index (χ3v) is 6.97. The van der Waals surface area contributed by atoms with Crippen LogP contribution in [-0.4, -0.2) is 5.25 Å².